The molecule has 1 amide bonds. The Morgan fingerprint density at radius 3 is 2.64 bits per heavy atom. The lowest BCUT2D eigenvalue weighted by atomic mass is 10.1. The SMILES string of the molecule is Cl.Cl.O=C(CC1COCCN1)Nc1ccccc1CN1CCOCC1. The fraction of sp³-hybridized carbons (Fsp3) is 0.588. The largest absolute Gasteiger partial charge is 0.379 e. The molecule has 3 rings (SSSR count). The first kappa shape index (κ1) is 22.2. The highest BCUT2D eigenvalue weighted by atomic mass is 35.5. The maximum atomic E-state index is 12.3. The molecule has 1 unspecified atom stereocenters. The highest BCUT2D eigenvalue weighted by molar-refractivity contribution is 5.91. The molecule has 142 valence electrons. The quantitative estimate of drug-likeness (QED) is 0.799. The van der Waals surface area contributed by atoms with Gasteiger partial charge in [-0.05, 0) is 11.6 Å². The second kappa shape index (κ2) is 11.7. The van der Waals surface area contributed by atoms with Gasteiger partial charge < -0.3 is 20.1 Å². The zero-order chi connectivity index (χ0) is 15.9. The van der Waals surface area contributed by atoms with E-state index in [1.54, 1.807) is 0 Å². The van der Waals surface area contributed by atoms with Crippen molar-refractivity contribution in [3.8, 4) is 0 Å². The van der Waals surface area contributed by atoms with Gasteiger partial charge in [0.15, 0.2) is 0 Å². The van der Waals surface area contributed by atoms with Crippen LogP contribution in [0.5, 0.6) is 0 Å². The molecule has 0 bridgehead atoms. The van der Waals surface area contributed by atoms with Gasteiger partial charge >= 0.3 is 0 Å². The number of benzene rings is 1. The van der Waals surface area contributed by atoms with Gasteiger partial charge in [-0.2, -0.15) is 0 Å². The third-order valence-electron chi connectivity index (χ3n) is 4.22. The highest BCUT2D eigenvalue weighted by Crippen LogP contribution is 2.18. The topological polar surface area (TPSA) is 62.8 Å². The summed E-state index contributed by atoms with van der Waals surface area (Å²) in [6, 6.07) is 8.13. The van der Waals surface area contributed by atoms with Gasteiger partial charge in [-0.1, -0.05) is 18.2 Å². The summed E-state index contributed by atoms with van der Waals surface area (Å²) in [6.45, 7) is 6.40. The average molecular weight is 392 g/mol. The number of anilines is 1. The molecule has 2 saturated heterocycles. The molecule has 0 aromatic heterocycles. The third-order valence-corrected chi connectivity index (χ3v) is 4.22. The van der Waals surface area contributed by atoms with Crippen molar-refractivity contribution in [3.63, 3.8) is 0 Å². The van der Waals surface area contributed by atoms with E-state index in [0.717, 1.165) is 57.3 Å². The van der Waals surface area contributed by atoms with E-state index in [0.29, 0.717) is 13.0 Å². The molecule has 2 fully saturated rings. The van der Waals surface area contributed by atoms with Gasteiger partial charge in [-0.3, -0.25) is 9.69 Å². The molecule has 8 heteroatoms. The van der Waals surface area contributed by atoms with Gasteiger partial charge in [-0.15, -0.1) is 24.8 Å². The minimum atomic E-state index is 0. The summed E-state index contributed by atoms with van der Waals surface area (Å²) in [5.74, 6) is 0.0300. The van der Waals surface area contributed by atoms with E-state index in [4.69, 9.17) is 9.47 Å². The molecule has 2 N–H and O–H groups in total. The van der Waals surface area contributed by atoms with Gasteiger partial charge in [0.1, 0.15) is 0 Å². The maximum absolute atomic E-state index is 12.3. The summed E-state index contributed by atoms with van der Waals surface area (Å²) in [6.07, 6.45) is 0.436. The number of rotatable bonds is 5. The minimum Gasteiger partial charge on any atom is -0.379 e. The molecular weight excluding hydrogens is 365 g/mol. The van der Waals surface area contributed by atoms with Gasteiger partial charge in [-0.25, -0.2) is 0 Å². The Balaban J connectivity index is 0.00000156. The molecular formula is C17H27Cl2N3O3. The van der Waals surface area contributed by atoms with Crippen LogP contribution >= 0.6 is 24.8 Å². The summed E-state index contributed by atoms with van der Waals surface area (Å²) in [5, 5.41) is 6.36. The van der Waals surface area contributed by atoms with E-state index >= 15 is 0 Å². The maximum Gasteiger partial charge on any atom is 0.226 e. The van der Waals surface area contributed by atoms with Crippen LogP contribution in [-0.2, 0) is 20.8 Å². The monoisotopic (exact) mass is 391 g/mol. The number of nitrogens with zero attached hydrogens (tertiary/aromatic N) is 1. The second-order valence-corrected chi connectivity index (χ2v) is 6.02. The Kier molecular flexibility index (Phi) is 10.3. The highest BCUT2D eigenvalue weighted by Gasteiger charge is 2.18. The van der Waals surface area contributed by atoms with Gasteiger partial charge in [0.2, 0.25) is 5.91 Å². The predicted molar refractivity (Wildman–Crippen MR) is 103 cm³/mol. The lowest BCUT2D eigenvalue weighted by Gasteiger charge is -2.27. The Hall–Kier alpha value is -0.890. The number of halogens is 2. The summed E-state index contributed by atoms with van der Waals surface area (Å²) in [7, 11) is 0. The zero-order valence-electron chi connectivity index (χ0n) is 14.2. The number of morpholine rings is 2. The standard InChI is InChI=1S/C17H25N3O3.2ClH/c21-17(11-15-13-23-8-5-18-15)19-16-4-2-1-3-14(16)12-20-6-9-22-10-7-20;;/h1-4,15,18H,5-13H2,(H,19,21);2*1H. The van der Waals surface area contributed by atoms with Crippen LogP contribution in [0, 0.1) is 0 Å². The summed E-state index contributed by atoms with van der Waals surface area (Å²) in [5.41, 5.74) is 2.05. The number of amides is 1. The zero-order valence-corrected chi connectivity index (χ0v) is 15.9. The van der Waals surface area contributed by atoms with Crippen LogP contribution in [0.25, 0.3) is 0 Å². The smallest absolute Gasteiger partial charge is 0.226 e. The van der Waals surface area contributed by atoms with Crippen LogP contribution < -0.4 is 10.6 Å². The molecule has 0 spiro atoms. The molecule has 1 atom stereocenters. The number of nitrogens with one attached hydrogen (secondary N) is 2. The van der Waals surface area contributed by atoms with E-state index in [2.05, 4.69) is 21.6 Å². The number of hydrogen-bond acceptors (Lipinski definition) is 5. The van der Waals surface area contributed by atoms with Crippen molar-refractivity contribution in [2.24, 2.45) is 0 Å². The van der Waals surface area contributed by atoms with Crippen molar-refractivity contribution in [1.29, 1.82) is 0 Å². The van der Waals surface area contributed by atoms with Crippen LogP contribution in [0.1, 0.15) is 12.0 Å². The fourth-order valence-corrected chi connectivity index (χ4v) is 2.96. The van der Waals surface area contributed by atoms with Crippen molar-refractivity contribution in [2.45, 2.75) is 19.0 Å². The molecule has 0 aliphatic carbocycles. The van der Waals surface area contributed by atoms with Gasteiger partial charge in [0.05, 0.1) is 26.4 Å². The fourth-order valence-electron chi connectivity index (χ4n) is 2.96. The minimum absolute atomic E-state index is 0. The molecule has 6 nitrogen and oxygen atoms in total. The molecule has 2 heterocycles. The summed E-state index contributed by atoms with van der Waals surface area (Å²) >= 11 is 0. The molecule has 0 saturated carbocycles. The van der Waals surface area contributed by atoms with Gasteiger partial charge in [0, 0.05) is 44.3 Å². The average Bonchev–Trinajstić information content (AvgIpc) is 2.58. The van der Waals surface area contributed by atoms with Crippen molar-refractivity contribution in [2.75, 3.05) is 51.4 Å². The Labute approximate surface area is 161 Å². The number of ether oxygens (including phenoxy) is 2. The van der Waals surface area contributed by atoms with E-state index < -0.39 is 0 Å². The summed E-state index contributed by atoms with van der Waals surface area (Å²) in [4.78, 5) is 14.6. The van der Waals surface area contributed by atoms with Crippen LogP contribution in [0.15, 0.2) is 24.3 Å². The van der Waals surface area contributed by atoms with Gasteiger partial charge in [0.25, 0.3) is 0 Å². The molecule has 0 radical (unpaired) electrons. The first-order valence-electron chi connectivity index (χ1n) is 8.30. The van der Waals surface area contributed by atoms with Crippen LogP contribution in [0.4, 0.5) is 5.69 Å². The molecule has 1 aromatic carbocycles. The Bertz CT molecular complexity index is 522. The van der Waals surface area contributed by atoms with Crippen LogP contribution in [0.3, 0.4) is 0 Å². The van der Waals surface area contributed by atoms with Crippen molar-refractivity contribution >= 4 is 36.4 Å². The first-order chi connectivity index (χ1) is 11.3. The van der Waals surface area contributed by atoms with Crippen LogP contribution in [-0.4, -0.2) is 62.9 Å². The molecule has 2 aliphatic heterocycles. The molecule has 1 aromatic rings. The second-order valence-electron chi connectivity index (χ2n) is 6.02. The normalized spacial score (nSPS) is 20.9. The van der Waals surface area contributed by atoms with E-state index in [1.165, 1.54) is 0 Å². The lowest BCUT2D eigenvalue weighted by Crippen LogP contribution is -2.43. The van der Waals surface area contributed by atoms with Crippen LogP contribution in [0.2, 0.25) is 0 Å². The number of hydrogen-bond donors (Lipinski definition) is 2. The summed E-state index contributed by atoms with van der Waals surface area (Å²) < 4.78 is 10.8. The lowest BCUT2D eigenvalue weighted by molar-refractivity contribution is -0.117. The van der Waals surface area contributed by atoms with E-state index in [9.17, 15) is 4.79 Å². The van der Waals surface area contributed by atoms with Crippen molar-refractivity contribution in [1.82, 2.24) is 10.2 Å². The van der Waals surface area contributed by atoms with Crippen molar-refractivity contribution < 1.29 is 14.3 Å². The molecule has 25 heavy (non-hydrogen) atoms. The Morgan fingerprint density at radius 2 is 1.92 bits per heavy atom. The molecule has 2 aliphatic rings. The Morgan fingerprint density at radius 1 is 1.16 bits per heavy atom. The predicted octanol–water partition coefficient (Wildman–Crippen LogP) is 1.68. The van der Waals surface area contributed by atoms with E-state index in [-0.39, 0.29) is 36.8 Å². The van der Waals surface area contributed by atoms with Crippen molar-refractivity contribution in [3.05, 3.63) is 29.8 Å². The van der Waals surface area contributed by atoms with E-state index in [1.807, 2.05) is 18.2 Å². The number of carbonyl (C=O) groups is 1. The third kappa shape index (κ3) is 7.09. The number of para-hydroxylation sites is 1. The first-order valence-corrected chi connectivity index (χ1v) is 8.30. The number of carbonyl (C=O) groups excluding carboxylic acids is 1.